The van der Waals surface area contributed by atoms with Gasteiger partial charge < -0.3 is 11.1 Å². The van der Waals surface area contributed by atoms with Crippen LogP contribution in [0.15, 0.2) is 9.59 Å². The van der Waals surface area contributed by atoms with Crippen LogP contribution in [0.1, 0.15) is 33.3 Å². The van der Waals surface area contributed by atoms with E-state index < -0.39 is 5.43 Å². The highest BCUT2D eigenvalue weighted by Crippen LogP contribution is 2.18. The number of nitrogens with two attached hydrogens (primary N) is 1. The minimum atomic E-state index is -0.405. The average Bonchev–Trinajstić information content (AvgIpc) is 2.20. The van der Waals surface area contributed by atoms with E-state index in [4.69, 9.17) is 5.73 Å². The molecule has 0 aromatic heterocycles. The van der Waals surface area contributed by atoms with Crippen molar-refractivity contribution >= 4 is 5.69 Å². The first-order valence-electron chi connectivity index (χ1n) is 5.60. The summed E-state index contributed by atoms with van der Waals surface area (Å²) in [5.74, 6) is 0. The lowest BCUT2D eigenvalue weighted by molar-refractivity contribution is 0.331. The van der Waals surface area contributed by atoms with E-state index in [1.54, 1.807) is 0 Å². The molecular formula is C12H20N2O2. The van der Waals surface area contributed by atoms with E-state index in [0.717, 1.165) is 0 Å². The Hall–Kier alpha value is -1.16. The molecule has 0 fully saturated rings. The zero-order valence-corrected chi connectivity index (χ0v) is 10.4. The lowest BCUT2D eigenvalue weighted by Gasteiger charge is -2.28. The Labute approximate surface area is 95.5 Å². The predicted octanol–water partition coefficient (Wildman–Crippen LogP) is 0.630. The minimum Gasteiger partial charge on any atom is -0.380 e. The zero-order valence-electron chi connectivity index (χ0n) is 10.4. The van der Waals surface area contributed by atoms with Crippen molar-refractivity contribution in [3.8, 4) is 0 Å². The lowest BCUT2D eigenvalue weighted by atomic mass is 9.87. The Morgan fingerprint density at radius 3 is 2.25 bits per heavy atom. The Balaban J connectivity index is 2.67. The van der Waals surface area contributed by atoms with Crippen LogP contribution in [0, 0.1) is 5.41 Å². The van der Waals surface area contributed by atoms with E-state index in [1.165, 1.54) is 0 Å². The summed E-state index contributed by atoms with van der Waals surface area (Å²) in [5.41, 5.74) is 6.26. The summed E-state index contributed by atoms with van der Waals surface area (Å²) in [4.78, 5) is 22.4. The van der Waals surface area contributed by atoms with Crippen LogP contribution >= 0.6 is 0 Å². The third kappa shape index (κ3) is 2.32. The van der Waals surface area contributed by atoms with Crippen LogP contribution < -0.4 is 21.9 Å². The molecule has 1 atom stereocenters. The van der Waals surface area contributed by atoms with E-state index in [9.17, 15) is 9.59 Å². The van der Waals surface area contributed by atoms with Gasteiger partial charge in [0.05, 0.1) is 5.69 Å². The average molecular weight is 224 g/mol. The Bertz CT molecular complexity index is 436. The van der Waals surface area contributed by atoms with Crippen LogP contribution in [0.3, 0.4) is 0 Å². The molecule has 0 spiro atoms. The highest BCUT2D eigenvalue weighted by atomic mass is 16.2. The number of hydrogen-bond acceptors (Lipinski definition) is 4. The van der Waals surface area contributed by atoms with Gasteiger partial charge in [-0.3, -0.25) is 9.59 Å². The fourth-order valence-electron chi connectivity index (χ4n) is 1.48. The van der Waals surface area contributed by atoms with Crippen LogP contribution in [0.25, 0.3) is 0 Å². The molecule has 3 N–H and O–H groups in total. The molecule has 0 saturated heterocycles. The van der Waals surface area contributed by atoms with Gasteiger partial charge >= 0.3 is 0 Å². The third-order valence-electron chi connectivity index (χ3n) is 2.97. The third-order valence-corrected chi connectivity index (χ3v) is 2.97. The van der Waals surface area contributed by atoms with Gasteiger partial charge in [0, 0.05) is 18.2 Å². The standard InChI is InChI=1S/C12H20N2O2/c1-5-7-9(11(16)10(7)15)14-6-8(13)12(2,3)4/h8,14H,5-6,13H2,1-4H3/t8-/m1/s1. The van der Waals surface area contributed by atoms with Crippen molar-refractivity contribution in [1.82, 2.24) is 0 Å². The van der Waals surface area contributed by atoms with Gasteiger partial charge in [-0.15, -0.1) is 0 Å². The quantitative estimate of drug-likeness (QED) is 0.736. The van der Waals surface area contributed by atoms with E-state index in [1.807, 2.05) is 27.7 Å². The Kier molecular flexibility index (Phi) is 3.53. The van der Waals surface area contributed by atoms with Gasteiger partial charge in [0.2, 0.25) is 10.9 Å². The lowest BCUT2D eigenvalue weighted by Crippen LogP contribution is -2.44. The zero-order chi connectivity index (χ0) is 12.5. The maximum absolute atomic E-state index is 11.3. The molecule has 0 amide bonds. The minimum absolute atomic E-state index is 0.0171. The van der Waals surface area contributed by atoms with Crippen molar-refractivity contribution in [3.05, 3.63) is 26.0 Å². The molecule has 0 unspecified atom stereocenters. The van der Waals surface area contributed by atoms with Gasteiger partial charge in [-0.05, 0) is 11.8 Å². The summed E-state index contributed by atoms with van der Waals surface area (Å²) in [6.07, 6.45) is 0.595. The van der Waals surface area contributed by atoms with Gasteiger partial charge in [-0.1, -0.05) is 27.7 Å². The molecule has 0 aliphatic rings. The van der Waals surface area contributed by atoms with E-state index >= 15 is 0 Å². The Morgan fingerprint density at radius 2 is 1.81 bits per heavy atom. The maximum Gasteiger partial charge on any atom is 0.249 e. The van der Waals surface area contributed by atoms with E-state index in [0.29, 0.717) is 24.2 Å². The second-order valence-corrected chi connectivity index (χ2v) is 5.22. The summed E-state index contributed by atoms with van der Waals surface area (Å²) in [6, 6.07) is -0.0541. The molecule has 0 heterocycles. The molecule has 1 aromatic carbocycles. The van der Waals surface area contributed by atoms with Crippen LogP contribution in [0.5, 0.6) is 0 Å². The van der Waals surface area contributed by atoms with Crippen LogP contribution in [0.2, 0.25) is 0 Å². The first kappa shape index (κ1) is 12.9. The van der Waals surface area contributed by atoms with Gasteiger partial charge in [-0.25, -0.2) is 0 Å². The van der Waals surface area contributed by atoms with Crippen molar-refractivity contribution in [2.45, 2.75) is 40.2 Å². The monoisotopic (exact) mass is 224 g/mol. The Morgan fingerprint density at radius 1 is 1.25 bits per heavy atom. The van der Waals surface area contributed by atoms with Crippen molar-refractivity contribution in [3.63, 3.8) is 0 Å². The molecule has 90 valence electrons. The van der Waals surface area contributed by atoms with Crippen molar-refractivity contribution in [2.75, 3.05) is 11.9 Å². The fourth-order valence-corrected chi connectivity index (χ4v) is 1.48. The van der Waals surface area contributed by atoms with Crippen LogP contribution in [-0.4, -0.2) is 12.6 Å². The molecular weight excluding hydrogens is 204 g/mol. The van der Waals surface area contributed by atoms with Crippen molar-refractivity contribution in [1.29, 1.82) is 0 Å². The highest BCUT2D eigenvalue weighted by molar-refractivity contribution is 5.56. The largest absolute Gasteiger partial charge is 0.380 e. The normalized spacial score (nSPS) is 14.1. The summed E-state index contributed by atoms with van der Waals surface area (Å²) < 4.78 is 0. The number of nitrogens with one attached hydrogen (secondary N) is 1. The molecule has 1 aromatic rings. The summed E-state index contributed by atoms with van der Waals surface area (Å²) >= 11 is 0. The smallest absolute Gasteiger partial charge is 0.249 e. The van der Waals surface area contributed by atoms with Gasteiger partial charge in [-0.2, -0.15) is 0 Å². The summed E-state index contributed by atoms with van der Waals surface area (Å²) in [5, 5.41) is 2.99. The molecule has 4 nitrogen and oxygen atoms in total. The molecule has 0 saturated carbocycles. The van der Waals surface area contributed by atoms with Crippen molar-refractivity contribution in [2.24, 2.45) is 11.1 Å². The first-order valence-corrected chi connectivity index (χ1v) is 5.60. The molecule has 0 aliphatic heterocycles. The second kappa shape index (κ2) is 4.37. The summed E-state index contributed by atoms with van der Waals surface area (Å²) in [7, 11) is 0. The number of rotatable bonds is 4. The van der Waals surface area contributed by atoms with Gasteiger partial charge in [0.15, 0.2) is 0 Å². The van der Waals surface area contributed by atoms with Crippen molar-refractivity contribution < 1.29 is 0 Å². The summed E-state index contributed by atoms with van der Waals surface area (Å²) in [6.45, 7) is 8.51. The van der Waals surface area contributed by atoms with Crippen LogP contribution in [-0.2, 0) is 6.42 Å². The van der Waals surface area contributed by atoms with Gasteiger partial charge in [0.25, 0.3) is 0 Å². The molecule has 0 aliphatic carbocycles. The first-order chi connectivity index (χ1) is 7.29. The maximum atomic E-state index is 11.3. The van der Waals surface area contributed by atoms with E-state index in [2.05, 4.69) is 5.32 Å². The predicted molar refractivity (Wildman–Crippen MR) is 66.7 cm³/mol. The highest BCUT2D eigenvalue weighted by Gasteiger charge is 2.23. The molecule has 1 rings (SSSR count). The SMILES string of the molecule is CCc1c(NC[C@@H](N)C(C)(C)C)c(=O)c1=O. The number of anilines is 1. The molecule has 0 bridgehead atoms. The topological polar surface area (TPSA) is 72.2 Å². The second-order valence-electron chi connectivity index (χ2n) is 5.22. The van der Waals surface area contributed by atoms with E-state index in [-0.39, 0.29) is 16.9 Å². The number of hydrogen-bond donors (Lipinski definition) is 2. The van der Waals surface area contributed by atoms with Crippen LogP contribution in [0.4, 0.5) is 5.69 Å². The molecule has 4 heteroatoms. The van der Waals surface area contributed by atoms with Gasteiger partial charge in [0.1, 0.15) is 0 Å². The molecule has 0 radical (unpaired) electrons. The fraction of sp³-hybridized carbons (Fsp3) is 0.667. The molecule has 16 heavy (non-hydrogen) atoms.